The molecule has 15 heavy (non-hydrogen) atoms. The van der Waals surface area contributed by atoms with Crippen LogP contribution < -0.4 is 0 Å². The summed E-state index contributed by atoms with van der Waals surface area (Å²) in [5.74, 6) is 0.819. The van der Waals surface area contributed by atoms with Crippen molar-refractivity contribution in [2.75, 3.05) is 0 Å². The summed E-state index contributed by atoms with van der Waals surface area (Å²) in [6.07, 6.45) is 10.7. The Hall–Kier alpha value is 0. The molecule has 0 saturated carbocycles. The van der Waals surface area contributed by atoms with E-state index in [9.17, 15) is 0 Å². The minimum Gasteiger partial charge on any atom is -0.0654 e. The van der Waals surface area contributed by atoms with Gasteiger partial charge in [-0.1, -0.05) is 60.3 Å². The van der Waals surface area contributed by atoms with Crippen LogP contribution in [0.5, 0.6) is 0 Å². The minimum absolute atomic E-state index is 0.554. The van der Waals surface area contributed by atoms with Crippen molar-refractivity contribution in [2.24, 2.45) is 11.3 Å². The SMILES string of the molecule is [CH2]CC(CCC)(CCCCC)CC(C)C. The number of hydrogen-bond donors (Lipinski definition) is 0. The third-order valence-corrected chi connectivity index (χ3v) is 3.46. The third kappa shape index (κ3) is 6.22. The van der Waals surface area contributed by atoms with Crippen LogP contribution >= 0.6 is 0 Å². The smallest absolute Gasteiger partial charge is 0.0295 e. The molecular formula is C15H31. The second kappa shape index (κ2) is 8.19. The quantitative estimate of drug-likeness (QED) is 0.434. The van der Waals surface area contributed by atoms with Crippen LogP contribution in [-0.2, 0) is 0 Å². The molecule has 0 aromatic heterocycles. The zero-order chi connectivity index (χ0) is 11.7. The molecule has 0 heterocycles. The van der Waals surface area contributed by atoms with Crippen molar-refractivity contribution in [3.8, 4) is 0 Å². The maximum Gasteiger partial charge on any atom is -0.0295 e. The third-order valence-electron chi connectivity index (χ3n) is 3.46. The molecule has 0 rings (SSSR count). The lowest BCUT2D eigenvalue weighted by molar-refractivity contribution is 0.182. The van der Waals surface area contributed by atoms with Crippen molar-refractivity contribution < 1.29 is 0 Å². The molecule has 91 valence electrons. The highest BCUT2D eigenvalue weighted by Gasteiger charge is 2.27. The van der Waals surface area contributed by atoms with Crippen LogP contribution in [-0.4, -0.2) is 0 Å². The van der Waals surface area contributed by atoms with Crippen LogP contribution in [0, 0.1) is 18.3 Å². The van der Waals surface area contributed by atoms with Crippen LogP contribution in [0.15, 0.2) is 0 Å². The minimum atomic E-state index is 0.554. The van der Waals surface area contributed by atoms with E-state index < -0.39 is 0 Å². The molecule has 0 spiro atoms. The average molecular weight is 211 g/mol. The summed E-state index contributed by atoms with van der Waals surface area (Å²) < 4.78 is 0. The highest BCUT2D eigenvalue weighted by atomic mass is 14.3. The molecule has 0 fully saturated rings. The second-order valence-electron chi connectivity index (χ2n) is 5.56. The van der Waals surface area contributed by atoms with Crippen molar-refractivity contribution >= 4 is 0 Å². The molecule has 0 aliphatic heterocycles. The molecule has 1 atom stereocenters. The summed E-state index contributed by atoms with van der Waals surface area (Å²) in [7, 11) is 0. The summed E-state index contributed by atoms with van der Waals surface area (Å²) >= 11 is 0. The van der Waals surface area contributed by atoms with Gasteiger partial charge in [0.2, 0.25) is 0 Å². The Kier molecular flexibility index (Phi) is 8.19. The van der Waals surface area contributed by atoms with E-state index in [0.717, 1.165) is 12.3 Å². The first-order valence-electron chi connectivity index (χ1n) is 6.89. The van der Waals surface area contributed by atoms with Gasteiger partial charge in [0, 0.05) is 0 Å². The maximum atomic E-state index is 4.21. The summed E-state index contributed by atoms with van der Waals surface area (Å²) in [6, 6.07) is 0. The molecule has 0 aliphatic rings. The van der Waals surface area contributed by atoms with E-state index in [1.54, 1.807) is 0 Å². The van der Waals surface area contributed by atoms with Gasteiger partial charge in [-0.05, 0) is 37.0 Å². The first kappa shape index (κ1) is 15.0. The van der Waals surface area contributed by atoms with E-state index in [4.69, 9.17) is 0 Å². The fourth-order valence-corrected chi connectivity index (χ4v) is 2.83. The van der Waals surface area contributed by atoms with Crippen molar-refractivity contribution in [2.45, 2.75) is 79.1 Å². The molecule has 0 nitrogen and oxygen atoms in total. The monoisotopic (exact) mass is 211 g/mol. The first-order chi connectivity index (χ1) is 7.10. The van der Waals surface area contributed by atoms with Crippen LogP contribution in [0.25, 0.3) is 0 Å². The van der Waals surface area contributed by atoms with Gasteiger partial charge >= 0.3 is 0 Å². The molecule has 0 N–H and O–H groups in total. The van der Waals surface area contributed by atoms with Gasteiger partial charge in [-0.2, -0.15) is 0 Å². The number of rotatable bonds is 9. The number of unbranched alkanes of at least 4 members (excludes halogenated alkanes) is 2. The van der Waals surface area contributed by atoms with Gasteiger partial charge in [-0.3, -0.25) is 0 Å². The molecule has 0 aromatic rings. The zero-order valence-electron chi connectivity index (χ0n) is 11.4. The highest BCUT2D eigenvalue weighted by molar-refractivity contribution is 4.81. The normalized spacial score (nSPS) is 15.6. The Morgan fingerprint density at radius 1 is 1.00 bits per heavy atom. The van der Waals surface area contributed by atoms with Crippen molar-refractivity contribution in [3.63, 3.8) is 0 Å². The predicted molar refractivity (Wildman–Crippen MR) is 70.9 cm³/mol. The van der Waals surface area contributed by atoms with Crippen LogP contribution in [0.1, 0.15) is 79.1 Å². The molecule has 0 amide bonds. The summed E-state index contributed by atoms with van der Waals surface area (Å²) in [5.41, 5.74) is 0.554. The predicted octanol–water partition coefficient (Wildman–Crippen LogP) is 5.62. The second-order valence-corrected chi connectivity index (χ2v) is 5.56. The standard InChI is InChI=1S/C15H31/c1-6-9-10-12-15(8-3,11-7-2)13-14(4)5/h14H,3,6-13H2,1-2,4-5H3. The summed E-state index contributed by atoms with van der Waals surface area (Å²) in [6.45, 7) is 13.5. The van der Waals surface area contributed by atoms with Gasteiger partial charge in [0.25, 0.3) is 0 Å². The van der Waals surface area contributed by atoms with E-state index in [0.29, 0.717) is 5.41 Å². The molecule has 0 aromatic carbocycles. The average Bonchev–Trinajstić information content (AvgIpc) is 2.17. The van der Waals surface area contributed by atoms with Crippen molar-refractivity contribution in [1.29, 1.82) is 0 Å². The van der Waals surface area contributed by atoms with E-state index in [2.05, 4.69) is 34.6 Å². The fourth-order valence-electron chi connectivity index (χ4n) is 2.83. The van der Waals surface area contributed by atoms with Gasteiger partial charge < -0.3 is 0 Å². The lowest BCUT2D eigenvalue weighted by atomic mass is 9.71. The molecular weight excluding hydrogens is 180 g/mol. The largest absolute Gasteiger partial charge is 0.0654 e. The molecule has 0 heteroatoms. The van der Waals surface area contributed by atoms with Gasteiger partial charge in [0.1, 0.15) is 0 Å². The van der Waals surface area contributed by atoms with Gasteiger partial charge in [0.05, 0.1) is 0 Å². The van der Waals surface area contributed by atoms with Crippen molar-refractivity contribution in [1.82, 2.24) is 0 Å². The lowest BCUT2D eigenvalue weighted by Crippen LogP contribution is -2.22. The van der Waals surface area contributed by atoms with Crippen LogP contribution in [0.3, 0.4) is 0 Å². The maximum absolute atomic E-state index is 4.21. The van der Waals surface area contributed by atoms with E-state index in [-0.39, 0.29) is 0 Å². The van der Waals surface area contributed by atoms with Crippen LogP contribution in [0.4, 0.5) is 0 Å². The van der Waals surface area contributed by atoms with E-state index in [1.807, 2.05) is 0 Å². The van der Waals surface area contributed by atoms with Crippen molar-refractivity contribution in [3.05, 3.63) is 6.92 Å². The Labute approximate surface area is 97.8 Å². The fraction of sp³-hybridized carbons (Fsp3) is 0.933. The topological polar surface area (TPSA) is 0 Å². The summed E-state index contributed by atoms with van der Waals surface area (Å²) in [4.78, 5) is 0. The Balaban J connectivity index is 4.22. The lowest BCUT2D eigenvalue weighted by Gasteiger charge is -2.34. The molecule has 1 radical (unpaired) electrons. The molecule has 0 aliphatic carbocycles. The summed E-state index contributed by atoms with van der Waals surface area (Å²) in [5, 5.41) is 0. The Morgan fingerprint density at radius 3 is 2.07 bits per heavy atom. The number of hydrogen-bond acceptors (Lipinski definition) is 0. The van der Waals surface area contributed by atoms with Crippen LogP contribution in [0.2, 0.25) is 0 Å². The van der Waals surface area contributed by atoms with Gasteiger partial charge in [-0.25, -0.2) is 0 Å². The zero-order valence-corrected chi connectivity index (χ0v) is 11.4. The van der Waals surface area contributed by atoms with Gasteiger partial charge in [0.15, 0.2) is 0 Å². The highest BCUT2D eigenvalue weighted by Crippen LogP contribution is 2.40. The first-order valence-corrected chi connectivity index (χ1v) is 6.89. The Bertz CT molecular complexity index is 137. The van der Waals surface area contributed by atoms with E-state index >= 15 is 0 Å². The molecule has 0 bridgehead atoms. The molecule has 0 saturated heterocycles. The van der Waals surface area contributed by atoms with Gasteiger partial charge in [-0.15, -0.1) is 0 Å². The Morgan fingerprint density at radius 2 is 1.67 bits per heavy atom. The van der Waals surface area contributed by atoms with E-state index in [1.165, 1.54) is 44.9 Å². The molecule has 1 unspecified atom stereocenters.